The average Bonchev–Trinajstić information content (AvgIpc) is 2.76. The summed E-state index contributed by atoms with van der Waals surface area (Å²) < 4.78 is 5.70. The number of anilines is 1. The lowest BCUT2D eigenvalue weighted by atomic mass is 10.2. The van der Waals surface area contributed by atoms with Crippen molar-refractivity contribution in [1.82, 2.24) is 5.43 Å². The number of hydrogen-bond acceptors (Lipinski definition) is 4. The van der Waals surface area contributed by atoms with Gasteiger partial charge >= 0.3 is 11.8 Å². The van der Waals surface area contributed by atoms with Gasteiger partial charge in [-0.3, -0.25) is 9.59 Å². The fourth-order valence-corrected chi connectivity index (χ4v) is 3.05. The summed E-state index contributed by atoms with van der Waals surface area (Å²) in [6.45, 7) is 0.227. The van der Waals surface area contributed by atoms with Gasteiger partial charge in [-0.05, 0) is 66.2 Å². The summed E-state index contributed by atoms with van der Waals surface area (Å²) >= 11 is 18.0. The van der Waals surface area contributed by atoms with Crippen molar-refractivity contribution in [3.05, 3.63) is 92.9 Å². The normalized spacial score (nSPS) is 10.7. The Balaban J connectivity index is 1.49. The molecule has 0 aliphatic rings. The van der Waals surface area contributed by atoms with Crippen molar-refractivity contribution in [3.63, 3.8) is 0 Å². The molecule has 0 bridgehead atoms. The minimum Gasteiger partial charge on any atom is -0.489 e. The Kier molecular flexibility index (Phi) is 7.89. The van der Waals surface area contributed by atoms with Gasteiger partial charge in [-0.2, -0.15) is 5.10 Å². The van der Waals surface area contributed by atoms with E-state index < -0.39 is 11.8 Å². The van der Waals surface area contributed by atoms with Crippen LogP contribution in [0.15, 0.2) is 71.8 Å². The molecule has 0 spiro atoms. The van der Waals surface area contributed by atoms with E-state index in [2.05, 4.69) is 15.8 Å². The molecule has 2 amide bonds. The number of carbonyl (C=O) groups is 2. The standard InChI is InChI=1S/C22H16Cl3N3O3/c23-15-6-8-16(9-7-15)27-21(29)22(30)28-26-12-14-4-10-17(11-5-14)31-13-18-19(24)2-1-3-20(18)25/h1-12H,13H2,(H,27,29)(H,28,30)/b26-12+. The number of amides is 2. The monoisotopic (exact) mass is 475 g/mol. The molecule has 3 rings (SSSR count). The zero-order valence-corrected chi connectivity index (χ0v) is 18.2. The maximum atomic E-state index is 11.9. The number of hydrogen-bond donors (Lipinski definition) is 2. The van der Waals surface area contributed by atoms with Gasteiger partial charge in [0.15, 0.2) is 0 Å². The van der Waals surface area contributed by atoms with E-state index in [1.165, 1.54) is 6.21 Å². The summed E-state index contributed by atoms with van der Waals surface area (Å²) in [4.78, 5) is 23.7. The second-order valence-corrected chi connectivity index (χ2v) is 7.47. The van der Waals surface area contributed by atoms with Gasteiger partial charge in [0.25, 0.3) is 0 Å². The third kappa shape index (κ3) is 6.72. The van der Waals surface area contributed by atoms with E-state index in [-0.39, 0.29) is 6.61 Å². The molecule has 0 saturated heterocycles. The third-order valence-corrected chi connectivity index (χ3v) is 4.97. The first-order chi connectivity index (χ1) is 14.9. The van der Waals surface area contributed by atoms with Crippen LogP contribution in [0.5, 0.6) is 5.75 Å². The van der Waals surface area contributed by atoms with Gasteiger partial charge in [0.1, 0.15) is 12.4 Å². The van der Waals surface area contributed by atoms with Crippen molar-refractivity contribution in [3.8, 4) is 5.75 Å². The number of nitrogens with one attached hydrogen (secondary N) is 2. The van der Waals surface area contributed by atoms with Gasteiger partial charge in [0.05, 0.1) is 6.21 Å². The molecule has 0 saturated carbocycles. The van der Waals surface area contributed by atoms with Gasteiger partial charge in [0.2, 0.25) is 0 Å². The van der Waals surface area contributed by atoms with Crippen LogP contribution in [0.2, 0.25) is 15.1 Å². The molecule has 0 heterocycles. The van der Waals surface area contributed by atoms with Crippen molar-refractivity contribution in [2.75, 3.05) is 5.32 Å². The van der Waals surface area contributed by atoms with Gasteiger partial charge in [-0.15, -0.1) is 0 Å². The van der Waals surface area contributed by atoms with Crippen LogP contribution in [0.25, 0.3) is 0 Å². The predicted octanol–water partition coefficient (Wildman–Crippen LogP) is 5.31. The van der Waals surface area contributed by atoms with Crippen LogP contribution in [0.1, 0.15) is 11.1 Å². The summed E-state index contributed by atoms with van der Waals surface area (Å²) in [6.07, 6.45) is 1.40. The second kappa shape index (κ2) is 10.8. The summed E-state index contributed by atoms with van der Waals surface area (Å²) in [7, 11) is 0. The minimum absolute atomic E-state index is 0.227. The fourth-order valence-electron chi connectivity index (χ4n) is 2.41. The Morgan fingerprint density at radius 3 is 2.16 bits per heavy atom. The largest absolute Gasteiger partial charge is 0.489 e. The molecule has 0 atom stereocenters. The van der Waals surface area contributed by atoms with Crippen LogP contribution < -0.4 is 15.5 Å². The number of carbonyl (C=O) groups excluding carboxylic acids is 2. The highest BCUT2D eigenvalue weighted by Gasteiger charge is 2.12. The zero-order valence-electron chi connectivity index (χ0n) is 15.9. The first-order valence-corrected chi connectivity index (χ1v) is 10.1. The Hall–Kier alpha value is -3.06. The maximum Gasteiger partial charge on any atom is 0.329 e. The number of nitrogens with zero attached hydrogens (tertiary/aromatic N) is 1. The van der Waals surface area contributed by atoms with Gasteiger partial charge in [-0.25, -0.2) is 5.43 Å². The van der Waals surface area contributed by atoms with Crippen molar-refractivity contribution in [2.24, 2.45) is 5.10 Å². The van der Waals surface area contributed by atoms with E-state index in [0.717, 1.165) is 0 Å². The highest BCUT2D eigenvalue weighted by atomic mass is 35.5. The molecule has 0 aromatic heterocycles. The first kappa shape index (κ1) is 22.6. The molecule has 31 heavy (non-hydrogen) atoms. The first-order valence-electron chi connectivity index (χ1n) is 8.98. The average molecular weight is 477 g/mol. The minimum atomic E-state index is -0.900. The molecule has 0 fully saturated rings. The number of halogens is 3. The predicted molar refractivity (Wildman–Crippen MR) is 123 cm³/mol. The Morgan fingerprint density at radius 1 is 0.871 bits per heavy atom. The fraction of sp³-hybridized carbons (Fsp3) is 0.0455. The molecule has 2 N–H and O–H groups in total. The molecule has 158 valence electrons. The number of benzene rings is 3. The molecule has 0 aliphatic heterocycles. The van der Waals surface area contributed by atoms with E-state index in [9.17, 15) is 9.59 Å². The van der Waals surface area contributed by atoms with Crippen LogP contribution in [0, 0.1) is 0 Å². The number of rotatable bonds is 6. The van der Waals surface area contributed by atoms with Crippen LogP contribution in [-0.4, -0.2) is 18.0 Å². The molecule has 0 unspecified atom stereocenters. The molecular formula is C22H16Cl3N3O3. The van der Waals surface area contributed by atoms with Gasteiger partial charge in [0, 0.05) is 26.3 Å². The highest BCUT2D eigenvalue weighted by Crippen LogP contribution is 2.25. The molecule has 9 heteroatoms. The van der Waals surface area contributed by atoms with Crippen LogP contribution in [-0.2, 0) is 16.2 Å². The molecule has 0 aliphatic carbocycles. The van der Waals surface area contributed by atoms with E-state index in [1.807, 2.05) is 0 Å². The second-order valence-electron chi connectivity index (χ2n) is 6.22. The van der Waals surface area contributed by atoms with Gasteiger partial charge < -0.3 is 10.1 Å². The van der Waals surface area contributed by atoms with E-state index in [4.69, 9.17) is 39.5 Å². The SMILES string of the molecule is O=C(N/N=C/c1ccc(OCc2c(Cl)cccc2Cl)cc1)C(=O)Nc1ccc(Cl)cc1. The Labute approximate surface area is 193 Å². The summed E-state index contributed by atoms with van der Waals surface area (Å²) in [5.74, 6) is -1.14. The number of hydrazone groups is 1. The van der Waals surface area contributed by atoms with Gasteiger partial charge in [-0.1, -0.05) is 40.9 Å². The van der Waals surface area contributed by atoms with Crippen LogP contribution in [0.3, 0.4) is 0 Å². The Morgan fingerprint density at radius 2 is 1.52 bits per heavy atom. The zero-order chi connectivity index (χ0) is 22.2. The summed E-state index contributed by atoms with van der Waals surface area (Å²) in [5, 5.41) is 7.82. The lowest BCUT2D eigenvalue weighted by Crippen LogP contribution is -2.32. The molecule has 3 aromatic carbocycles. The Bertz CT molecular complexity index is 1080. The smallest absolute Gasteiger partial charge is 0.329 e. The lowest BCUT2D eigenvalue weighted by Gasteiger charge is -2.09. The van der Waals surface area contributed by atoms with Crippen LogP contribution >= 0.6 is 34.8 Å². The topological polar surface area (TPSA) is 79.8 Å². The maximum absolute atomic E-state index is 11.9. The van der Waals surface area contributed by atoms with Crippen molar-refractivity contribution < 1.29 is 14.3 Å². The molecule has 6 nitrogen and oxygen atoms in total. The third-order valence-electron chi connectivity index (χ3n) is 4.01. The molecule has 0 radical (unpaired) electrons. The van der Waals surface area contributed by atoms with Crippen molar-refractivity contribution in [2.45, 2.75) is 6.61 Å². The summed E-state index contributed by atoms with van der Waals surface area (Å²) in [6, 6.07) is 18.6. The van der Waals surface area contributed by atoms with E-state index >= 15 is 0 Å². The number of ether oxygens (including phenoxy) is 1. The van der Waals surface area contributed by atoms with Crippen molar-refractivity contribution >= 4 is 58.5 Å². The molecule has 3 aromatic rings. The van der Waals surface area contributed by atoms with E-state index in [1.54, 1.807) is 66.7 Å². The van der Waals surface area contributed by atoms with Crippen molar-refractivity contribution in [1.29, 1.82) is 0 Å². The summed E-state index contributed by atoms with van der Waals surface area (Å²) in [5.41, 5.74) is 4.02. The highest BCUT2D eigenvalue weighted by molar-refractivity contribution is 6.39. The molecular weight excluding hydrogens is 461 g/mol. The lowest BCUT2D eigenvalue weighted by molar-refractivity contribution is -0.136. The van der Waals surface area contributed by atoms with E-state index in [0.29, 0.717) is 37.6 Å². The quantitative estimate of drug-likeness (QED) is 0.287. The van der Waals surface area contributed by atoms with Crippen LogP contribution in [0.4, 0.5) is 5.69 Å².